The number of fused-ring (bicyclic) bond motifs is 3. The van der Waals surface area contributed by atoms with Crippen LogP contribution < -0.4 is 16.0 Å². The molecule has 300 valence electrons. The van der Waals surface area contributed by atoms with Gasteiger partial charge in [-0.25, -0.2) is 15.0 Å². The highest BCUT2D eigenvalue weighted by atomic mass is 35.5. The number of rotatable bonds is 3. The number of benzene rings is 6. The number of carbonyl (C=O) groups excluding carboxylic acids is 3. The summed E-state index contributed by atoms with van der Waals surface area (Å²) in [4.78, 5) is 47.5. The van der Waals surface area contributed by atoms with E-state index in [0.717, 1.165) is 16.7 Å². The van der Waals surface area contributed by atoms with Gasteiger partial charge in [0.2, 0.25) is 18.7 Å². The molecule has 0 bridgehead atoms. The van der Waals surface area contributed by atoms with E-state index < -0.39 is 36.4 Å². The minimum absolute atomic E-state index is 0.536. The van der Waals surface area contributed by atoms with Gasteiger partial charge in [0, 0.05) is 48.4 Å². The van der Waals surface area contributed by atoms with Crippen LogP contribution in [-0.2, 0) is 14.4 Å². The van der Waals surface area contributed by atoms with Crippen LogP contribution in [0, 0.1) is 0 Å². The predicted octanol–water partition coefficient (Wildman–Crippen LogP) is 7.34. The monoisotopic (exact) mass is 858 g/mol. The molecule has 9 rings (SSSR count). The van der Waals surface area contributed by atoms with Gasteiger partial charge in [0.05, 0.1) is 34.2 Å². The van der Waals surface area contributed by atoms with Crippen molar-refractivity contribution in [3.8, 4) is 0 Å². The number of carbonyl (C=O) groups is 3. The number of nitrogens with one attached hydrogen (secondary N) is 3. The van der Waals surface area contributed by atoms with Crippen LogP contribution in [0.5, 0.6) is 0 Å². The molecule has 12 nitrogen and oxygen atoms in total. The second-order valence-electron chi connectivity index (χ2n) is 13.2. The van der Waals surface area contributed by atoms with Gasteiger partial charge in [-0.3, -0.25) is 14.4 Å². The van der Waals surface area contributed by atoms with Crippen LogP contribution >= 0.6 is 34.8 Å². The fourth-order valence-corrected chi connectivity index (χ4v) is 6.80. The number of nitrogens with zero attached hydrogens (tertiary/aromatic N) is 3. The number of aliphatic imine (C=N–C) groups is 3. The number of aliphatic hydroxyl groups excluding tert-OH is 3. The first-order valence-corrected chi connectivity index (χ1v) is 19.3. The Kier molecular flexibility index (Phi) is 12.9. The lowest BCUT2D eigenvalue weighted by Gasteiger charge is -2.10. The van der Waals surface area contributed by atoms with Crippen LogP contribution in [0.15, 0.2) is 161 Å². The maximum Gasteiger partial charge on any atom is 0.276 e. The van der Waals surface area contributed by atoms with Crippen molar-refractivity contribution >= 4 is 86.7 Å². The Balaban J connectivity index is 0.000000136. The summed E-state index contributed by atoms with van der Waals surface area (Å²) in [6.07, 6.45) is -4.30. The summed E-state index contributed by atoms with van der Waals surface area (Å²) in [7, 11) is 0. The van der Waals surface area contributed by atoms with Crippen LogP contribution in [0.3, 0.4) is 0 Å². The van der Waals surface area contributed by atoms with Crippen molar-refractivity contribution in [3.05, 3.63) is 194 Å². The fraction of sp³-hybridized carbons (Fsp3) is 0.0667. The Morgan fingerprint density at radius 1 is 0.383 bits per heavy atom. The predicted molar refractivity (Wildman–Crippen MR) is 235 cm³/mol. The number of halogens is 3. The van der Waals surface area contributed by atoms with E-state index in [9.17, 15) is 29.7 Å². The fourth-order valence-electron chi connectivity index (χ4n) is 6.29. The molecule has 0 fully saturated rings. The van der Waals surface area contributed by atoms with E-state index in [1.54, 1.807) is 54.6 Å². The summed E-state index contributed by atoms with van der Waals surface area (Å²) < 4.78 is 0. The molecular weight excluding hydrogens is 827 g/mol. The van der Waals surface area contributed by atoms with Crippen molar-refractivity contribution in [1.82, 2.24) is 0 Å². The summed E-state index contributed by atoms with van der Waals surface area (Å²) in [6.45, 7) is 0. The Bertz CT molecular complexity index is 2390. The van der Waals surface area contributed by atoms with Gasteiger partial charge < -0.3 is 31.3 Å². The van der Waals surface area contributed by atoms with Crippen LogP contribution in [0.1, 0.15) is 33.4 Å². The van der Waals surface area contributed by atoms with E-state index in [-0.39, 0.29) is 0 Å². The van der Waals surface area contributed by atoms with Gasteiger partial charge in [-0.1, -0.05) is 126 Å². The lowest BCUT2D eigenvalue weighted by Crippen LogP contribution is -2.24. The number of aliphatic hydroxyl groups is 3. The minimum Gasteiger partial charge on any atom is -0.364 e. The lowest BCUT2D eigenvalue weighted by molar-refractivity contribution is -0.124. The highest BCUT2D eigenvalue weighted by molar-refractivity contribution is 6.33. The molecule has 0 aliphatic carbocycles. The number of hydrogen-bond acceptors (Lipinski definition) is 9. The molecule has 3 unspecified atom stereocenters. The molecule has 0 saturated carbocycles. The Morgan fingerprint density at radius 2 is 0.633 bits per heavy atom. The van der Waals surface area contributed by atoms with Gasteiger partial charge in [0.15, 0.2) is 0 Å². The summed E-state index contributed by atoms with van der Waals surface area (Å²) in [5, 5.41) is 38.9. The van der Waals surface area contributed by atoms with Gasteiger partial charge in [0.25, 0.3) is 17.7 Å². The summed E-state index contributed by atoms with van der Waals surface area (Å²) in [5.74, 6) is -1.67. The standard InChI is InChI=1S/3C15H11ClN2O2/c3*16-10-6-7-12-11(8-10)13(9-4-2-1-3-5-9)18-15(20)14(19)17-12/h3*1-8,15,20H,(H,17,19). The molecule has 15 heteroatoms. The molecule has 0 saturated heterocycles. The number of anilines is 3. The van der Waals surface area contributed by atoms with E-state index in [1.807, 2.05) is 91.0 Å². The van der Waals surface area contributed by atoms with Gasteiger partial charge in [-0.05, 0) is 54.6 Å². The zero-order valence-electron chi connectivity index (χ0n) is 31.1. The van der Waals surface area contributed by atoms with Gasteiger partial charge >= 0.3 is 0 Å². The first-order chi connectivity index (χ1) is 28.9. The molecule has 0 spiro atoms. The van der Waals surface area contributed by atoms with E-state index >= 15 is 0 Å². The molecule has 0 radical (unpaired) electrons. The maximum atomic E-state index is 11.7. The van der Waals surface area contributed by atoms with Crippen LogP contribution in [0.25, 0.3) is 0 Å². The second kappa shape index (κ2) is 18.6. The number of hydrogen-bond donors (Lipinski definition) is 6. The Labute approximate surface area is 358 Å². The van der Waals surface area contributed by atoms with Crippen molar-refractivity contribution in [2.24, 2.45) is 15.0 Å². The van der Waals surface area contributed by atoms with E-state index in [1.165, 1.54) is 0 Å². The van der Waals surface area contributed by atoms with E-state index in [0.29, 0.717) is 66.0 Å². The quantitative estimate of drug-likeness (QED) is 0.108. The average molecular weight is 860 g/mol. The molecule has 0 aromatic heterocycles. The molecule has 3 aliphatic heterocycles. The van der Waals surface area contributed by atoms with Crippen molar-refractivity contribution in [3.63, 3.8) is 0 Å². The molecule has 3 atom stereocenters. The molecule has 6 N–H and O–H groups in total. The number of amides is 3. The van der Waals surface area contributed by atoms with Crippen LogP contribution in [-0.4, -0.2) is 68.9 Å². The molecular formula is C45H33Cl3N6O6. The van der Waals surface area contributed by atoms with Gasteiger partial charge in [-0.15, -0.1) is 0 Å². The third-order valence-corrected chi connectivity index (χ3v) is 9.79. The van der Waals surface area contributed by atoms with Crippen molar-refractivity contribution < 1.29 is 29.7 Å². The smallest absolute Gasteiger partial charge is 0.276 e. The third-order valence-electron chi connectivity index (χ3n) is 9.08. The molecule has 60 heavy (non-hydrogen) atoms. The van der Waals surface area contributed by atoms with Gasteiger partial charge in [0.1, 0.15) is 0 Å². The normalized spacial score (nSPS) is 17.8. The molecule has 3 heterocycles. The largest absolute Gasteiger partial charge is 0.364 e. The van der Waals surface area contributed by atoms with Crippen LogP contribution in [0.2, 0.25) is 15.1 Å². The summed E-state index contributed by atoms with van der Waals surface area (Å²) in [5.41, 5.74) is 7.85. The van der Waals surface area contributed by atoms with Crippen molar-refractivity contribution in [2.45, 2.75) is 18.7 Å². The molecule has 3 aliphatic rings. The SMILES string of the molecule is O=C1Nc2ccc(Cl)cc2C(c2ccccc2)=NC1O.O=C1Nc2ccc(Cl)cc2C(c2ccccc2)=NC1O.O=C1Nc2ccc(Cl)cc2C(c2ccccc2)=NC1O. The summed E-state index contributed by atoms with van der Waals surface area (Å²) in [6, 6.07) is 43.4. The van der Waals surface area contributed by atoms with Gasteiger partial charge in [-0.2, -0.15) is 0 Å². The topological polar surface area (TPSA) is 185 Å². The van der Waals surface area contributed by atoms with E-state index in [2.05, 4.69) is 30.9 Å². The highest BCUT2D eigenvalue weighted by Crippen LogP contribution is 2.29. The first kappa shape index (κ1) is 41.6. The van der Waals surface area contributed by atoms with Crippen molar-refractivity contribution in [2.75, 3.05) is 16.0 Å². The Morgan fingerprint density at radius 3 is 0.883 bits per heavy atom. The highest BCUT2D eigenvalue weighted by Gasteiger charge is 2.26. The Hall–Kier alpha value is -6.51. The molecule has 3 amide bonds. The maximum absolute atomic E-state index is 11.7. The molecule has 6 aromatic rings. The summed E-state index contributed by atoms with van der Waals surface area (Å²) >= 11 is 18.1. The van der Waals surface area contributed by atoms with Crippen molar-refractivity contribution in [1.29, 1.82) is 0 Å². The molecule has 6 aromatic carbocycles. The third kappa shape index (κ3) is 9.67. The number of benzodiazepines with no additional fused rings is 3. The average Bonchev–Trinajstić information content (AvgIpc) is 3.53. The first-order valence-electron chi connectivity index (χ1n) is 18.2. The van der Waals surface area contributed by atoms with E-state index in [4.69, 9.17) is 34.8 Å². The minimum atomic E-state index is -1.43. The zero-order chi connectivity index (χ0) is 42.3. The lowest BCUT2D eigenvalue weighted by atomic mass is 10.0. The zero-order valence-corrected chi connectivity index (χ0v) is 33.4. The second-order valence-corrected chi connectivity index (χ2v) is 14.5. The van der Waals surface area contributed by atoms with Crippen LogP contribution in [0.4, 0.5) is 17.1 Å².